The smallest absolute Gasteiger partial charge is 0.340 e. The van der Waals surface area contributed by atoms with Crippen LogP contribution in [0.5, 0.6) is 28.7 Å². The van der Waals surface area contributed by atoms with E-state index in [1.807, 2.05) is 153 Å². The lowest BCUT2D eigenvalue weighted by atomic mass is 9.77. The molecule has 1 unspecified atom stereocenters. The lowest BCUT2D eigenvalue weighted by Gasteiger charge is -2.38. The second-order valence-electron chi connectivity index (χ2n) is 14.6. The summed E-state index contributed by atoms with van der Waals surface area (Å²) in [5.41, 5.74) is 9.50. The Hall–Kier alpha value is -7.23. The summed E-state index contributed by atoms with van der Waals surface area (Å²) in [6.45, 7) is 4.04. The van der Waals surface area contributed by atoms with Gasteiger partial charge in [-0.15, -0.1) is 0 Å². The average Bonchev–Trinajstić information content (AvgIpc) is 3.57. The summed E-state index contributed by atoms with van der Waals surface area (Å²) >= 11 is 0. The quantitative estimate of drug-likeness (QED) is 0.136. The number of fused-ring (bicyclic) bond motifs is 6. The first-order valence-electron chi connectivity index (χ1n) is 19.3. The number of hydrogen-bond donors (Lipinski definition) is 1. The summed E-state index contributed by atoms with van der Waals surface area (Å²) < 4.78 is 30.2. The van der Waals surface area contributed by atoms with Crippen molar-refractivity contribution in [1.29, 1.82) is 0 Å². The second kappa shape index (κ2) is 14.9. The van der Waals surface area contributed by atoms with E-state index in [4.69, 9.17) is 23.7 Å². The van der Waals surface area contributed by atoms with E-state index in [0.29, 0.717) is 28.2 Å². The van der Waals surface area contributed by atoms with E-state index in [-0.39, 0.29) is 6.61 Å². The van der Waals surface area contributed by atoms with Gasteiger partial charge < -0.3 is 38.6 Å². The fraction of sp³-hybridized carbons (Fsp3) is 0.140. The van der Waals surface area contributed by atoms with Gasteiger partial charge in [0, 0.05) is 62.9 Å². The molecule has 0 radical (unpaired) electrons. The number of rotatable bonds is 10. The topological polar surface area (TPSA) is 89.9 Å². The van der Waals surface area contributed by atoms with Crippen molar-refractivity contribution < 1.29 is 33.6 Å². The number of aryl methyl sites for hydroxylation is 2. The molecule has 2 heterocycles. The van der Waals surface area contributed by atoms with Gasteiger partial charge in [-0.05, 0) is 134 Å². The van der Waals surface area contributed by atoms with Crippen LogP contribution in [0.2, 0.25) is 0 Å². The molecule has 0 bridgehead atoms. The van der Waals surface area contributed by atoms with Gasteiger partial charge in [0.05, 0.1) is 33.5 Å². The van der Waals surface area contributed by atoms with E-state index in [0.717, 1.165) is 73.6 Å². The number of esters is 1. The van der Waals surface area contributed by atoms with Gasteiger partial charge >= 0.3 is 5.97 Å². The third-order valence-corrected chi connectivity index (χ3v) is 11.2. The molecule has 0 amide bonds. The Morgan fingerprint density at radius 1 is 0.542 bits per heavy atom. The zero-order chi connectivity index (χ0) is 40.8. The fourth-order valence-electron chi connectivity index (χ4n) is 8.28. The van der Waals surface area contributed by atoms with E-state index in [9.17, 15) is 9.90 Å². The van der Waals surface area contributed by atoms with Crippen LogP contribution in [0, 0.1) is 13.8 Å². The van der Waals surface area contributed by atoms with Crippen molar-refractivity contribution in [3.63, 3.8) is 0 Å². The SMILES string of the molecule is COc1ccc(N(c2ccc3c(c2)Oc2cc(N(c4ccc(CO)cc4)c4ccc(OC)cc4C)ccc2C32OC(=O)c3ccccc32)c2ccc(OC)cc2C)cc1. The third-order valence-electron chi connectivity index (χ3n) is 11.2. The Kier molecular flexibility index (Phi) is 9.45. The van der Waals surface area contributed by atoms with Gasteiger partial charge in [-0.25, -0.2) is 4.79 Å². The Morgan fingerprint density at radius 2 is 1.02 bits per heavy atom. The molecule has 0 fully saturated rings. The van der Waals surface area contributed by atoms with Crippen LogP contribution in [0.4, 0.5) is 34.1 Å². The minimum Gasteiger partial charge on any atom is -0.497 e. The van der Waals surface area contributed by atoms with Crippen LogP contribution >= 0.6 is 0 Å². The summed E-state index contributed by atoms with van der Waals surface area (Å²) in [7, 11) is 4.97. The average molecular weight is 783 g/mol. The molecule has 2 aliphatic heterocycles. The normalized spacial score (nSPS) is 14.7. The molecule has 1 spiro atoms. The van der Waals surface area contributed by atoms with Crippen molar-refractivity contribution in [3.8, 4) is 28.7 Å². The Bertz CT molecular complexity index is 2570. The van der Waals surface area contributed by atoms with Crippen molar-refractivity contribution in [3.05, 3.63) is 185 Å². The summed E-state index contributed by atoms with van der Waals surface area (Å²) in [6.07, 6.45) is 0. The van der Waals surface area contributed by atoms with E-state index in [2.05, 4.69) is 16.7 Å². The van der Waals surface area contributed by atoms with Gasteiger partial charge in [0.15, 0.2) is 5.60 Å². The molecule has 9 rings (SSSR count). The molecule has 294 valence electrons. The maximum absolute atomic E-state index is 13.8. The first kappa shape index (κ1) is 37.4. The Labute approximate surface area is 343 Å². The summed E-state index contributed by atoms with van der Waals surface area (Å²) in [5.74, 6) is 2.93. The molecule has 0 aliphatic carbocycles. The minimum absolute atomic E-state index is 0.0634. The Morgan fingerprint density at radius 3 is 1.51 bits per heavy atom. The fourth-order valence-corrected chi connectivity index (χ4v) is 8.28. The van der Waals surface area contributed by atoms with Crippen molar-refractivity contribution in [2.75, 3.05) is 31.1 Å². The molecule has 59 heavy (non-hydrogen) atoms. The van der Waals surface area contributed by atoms with Crippen LogP contribution in [0.25, 0.3) is 0 Å². The predicted molar refractivity (Wildman–Crippen MR) is 229 cm³/mol. The molecule has 0 saturated heterocycles. The second-order valence-corrected chi connectivity index (χ2v) is 14.6. The number of aliphatic hydroxyl groups is 1. The van der Waals surface area contributed by atoms with Crippen molar-refractivity contribution in [2.24, 2.45) is 0 Å². The molecule has 0 aromatic heterocycles. The number of ether oxygens (including phenoxy) is 5. The number of benzene rings is 7. The van der Waals surface area contributed by atoms with Gasteiger partial charge in [-0.1, -0.05) is 30.3 Å². The standard InChI is InChI=1S/C50H42N2O7/c1-31-26-39(56-4)20-24-45(31)51(34-12-10-33(30-53)11-13-34)36-16-22-43-47(28-36)58-48-29-37(17-23-44(48)50(43)42-9-7-6-8-41(42)49(54)59-50)52(35-14-18-38(55-3)19-15-35)46-25-21-40(57-5)27-32(46)2/h6-29,53H,30H2,1-5H3. The number of hydrogen-bond acceptors (Lipinski definition) is 9. The Balaban J connectivity index is 1.25. The van der Waals surface area contributed by atoms with Crippen LogP contribution in [0.1, 0.15) is 43.7 Å². The highest BCUT2D eigenvalue weighted by atomic mass is 16.6. The molecule has 7 aromatic rings. The molecule has 2 aliphatic rings. The monoisotopic (exact) mass is 782 g/mol. The molecule has 9 nitrogen and oxygen atoms in total. The number of carbonyl (C=O) groups is 1. The number of nitrogens with zero attached hydrogens (tertiary/aromatic N) is 2. The molecule has 7 aromatic carbocycles. The van der Waals surface area contributed by atoms with Crippen LogP contribution in [0.3, 0.4) is 0 Å². The molecule has 9 heteroatoms. The number of carbonyl (C=O) groups excluding carboxylic acids is 1. The van der Waals surface area contributed by atoms with E-state index in [1.54, 1.807) is 21.3 Å². The first-order valence-corrected chi connectivity index (χ1v) is 19.3. The van der Waals surface area contributed by atoms with Gasteiger partial charge in [-0.2, -0.15) is 0 Å². The van der Waals surface area contributed by atoms with E-state index >= 15 is 0 Å². The van der Waals surface area contributed by atoms with Crippen LogP contribution in [0.15, 0.2) is 146 Å². The van der Waals surface area contributed by atoms with Gasteiger partial charge in [0.2, 0.25) is 0 Å². The first-order chi connectivity index (χ1) is 28.8. The number of methoxy groups -OCH3 is 3. The van der Waals surface area contributed by atoms with Crippen LogP contribution in [-0.2, 0) is 16.9 Å². The van der Waals surface area contributed by atoms with Gasteiger partial charge in [-0.3, -0.25) is 0 Å². The molecule has 0 saturated carbocycles. The highest BCUT2D eigenvalue weighted by Gasteiger charge is 2.53. The van der Waals surface area contributed by atoms with Crippen molar-refractivity contribution >= 4 is 40.1 Å². The maximum Gasteiger partial charge on any atom is 0.340 e. The van der Waals surface area contributed by atoms with E-state index in [1.165, 1.54) is 0 Å². The minimum atomic E-state index is -1.28. The van der Waals surface area contributed by atoms with Crippen LogP contribution < -0.4 is 28.7 Å². The lowest BCUT2D eigenvalue weighted by molar-refractivity contribution is 0.0224. The number of aliphatic hydroxyl groups excluding tert-OH is 1. The zero-order valence-electron chi connectivity index (χ0n) is 33.4. The summed E-state index contributed by atoms with van der Waals surface area (Å²) in [5, 5.41) is 9.85. The van der Waals surface area contributed by atoms with Crippen molar-refractivity contribution in [1.82, 2.24) is 0 Å². The highest BCUT2D eigenvalue weighted by molar-refractivity contribution is 5.97. The van der Waals surface area contributed by atoms with E-state index < -0.39 is 11.6 Å². The molecule has 1 N–H and O–H groups in total. The lowest BCUT2D eigenvalue weighted by Crippen LogP contribution is -2.33. The number of anilines is 6. The molecular formula is C50H42N2O7. The van der Waals surface area contributed by atoms with Gasteiger partial charge in [0.25, 0.3) is 0 Å². The van der Waals surface area contributed by atoms with Crippen molar-refractivity contribution in [2.45, 2.75) is 26.1 Å². The summed E-state index contributed by atoms with van der Waals surface area (Å²) in [4.78, 5) is 18.1. The summed E-state index contributed by atoms with van der Waals surface area (Å²) in [6, 6.07) is 47.3. The predicted octanol–water partition coefficient (Wildman–Crippen LogP) is 11.3. The van der Waals surface area contributed by atoms with Gasteiger partial charge in [0.1, 0.15) is 28.7 Å². The maximum atomic E-state index is 13.8. The molecule has 1 atom stereocenters. The largest absolute Gasteiger partial charge is 0.497 e. The van der Waals surface area contributed by atoms with Crippen LogP contribution in [-0.4, -0.2) is 32.4 Å². The zero-order valence-corrected chi connectivity index (χ0v) is 33.4. The molecular weight excluding hydrogens is 741 g/mol. The highest BCUT2D eigenvalue weighted by Crippen LogP contribution is 2.58. The third kappa shape index (κ3) is 6.27.